The Balaban J connectivity index is 1.92. The van der Waals surface area contributed by atoms with Crippen molar-refractivity contribution in [3.63, 3.8) is 0 Å². The Bertz CT molecular complexity index is 1020. The normalized spacial score (nSPS) is 11.8. The highest BCUT2D eigenvalue weighted by Gasteiger charge is 2.21. The number of benzene rings is 1. The zero-order chi connectivity index (χ0) is 21.0. The first-order valence-electron chi connectivity index (χ1n) is 8.81. The molecule has 2 heterocycles. The summed E-state index contributed by atoms with van der Waals surface area (Å²) in [5.74, 6) is -0.916. The monoisotopic (exact) mass is 395 g/mol. The second-order valence-electron chi connectivity index (χ2n) is 6.58. The number of primary amides is 2. The molecule has 2 aromatic heterocycles. The number of carbonyl (C=O) groups is 2. The minimum atomic E-state index is -0.744. The number of amides is 2. The van der Waals surface area contributed by atoms with E-state index in [0.717, 1.165) is 0 Å². The summed E-state index contributed by atoms with van der Waals surface area (Å²) in [4.78, 5) is 33.3. The van der Waals surface area contributed by atoms with E-state index in [0.29, 0.717) is 11.4 Å². The Morgan fingerprint density at radius 1 is 1.14 bits per heavy atom. The van der Waals surface area contributed by atoms with Crippen molar-refractivity contribution in [2.75, 3.05) is 10.6 Å². The Morgan fingerprint density at radius 3 is 2.48 bits per heavy atom. The molecular formula is C18H21N9O2. The summed E-state index contributed by atoms with van der Waals surface area (Å²) in [5, 5.41) is 14.1. The van der Waals surface area contributed by atoms with Crippen molar-refractivity contribution in [2.24, 2.45) is 17.4 Å². The number of nitrogens with two attached hydrogens (primary N) is 2. The zero-order valence-corrected chi connectivity index (χ0v) is 15.9. The third kappa shape index (κ3) is 4.64. The molecule has 0 fully saturated rings. The van der Waals surface area contributed by atoms with Crippen molar-refractivity contribution in [3.05, 3.63) is 48.5 Å². The summed E-state index contributed by atoms with van der Waals surface area (Å²) < 4.78 is 0. The van der Waals surface area contributed by atoms with Crippen LogP contribution in [0.5, 0.6) is 0 Å². The maximum atomic E-state index is 11.8. The van der Waals surface area contributed by atoms with E-state index in [9.17, 15) is 9.59 Å². The number of aromatic nitrogens is 5. The summed E-state index contributed by atoms with van der Waals surface area (Å²) in [6.45, 7) is 3.70. The topological polar surface area (TPSA) is 167 Å². The fourth-order valence-electron chi connectivity index (χ4n) is 2.65. The minimum absolute atomic E-state index is 0.0432. The minimum Gasteiger partial charge on any atom is -0.368 e. The molecule has 0 aliphatic rings. The lowest BCUT2D eigenvalue weighted by molar-refractivity contribution is -0.119. The van der Waals surface area contributed by atoms with Gasteiger partial charge >= 0.3 is 0 Å². The fourth-order valence-corrected chi connectivity index (χ4v) is 2.65. The molecule has 0 saturated carbocycles. The molecule has 1 atom stereocenters. The van der Waals surface area contributed by atoms with Crippen LogP contribution in [0, 0.1) is 5.92 Å². The van der Waals surface area contributed by atoms with E-state index < -0.39 is 17.9 Å². The maximum absolute atomic E-state index is 11.8. The van der Waals surface area contributed by atoms with Gasteiger partial charge < -0.3 is 22.1 Å². The van der Waals surface area contributed by atoms with E-state index >= 15 is 0 Å². The van der Waals surface area contributed by atoms with E-state index in [4.69, 9.17) is 11.5 Å². The smallest absolute Gasteiger partial charge is 0.271 e. The lowest BCUT2D eigenvalue weighted by Crippen LogP contribution is -2.39. The molecule has 0 radical (unpaired) electrons. The molecule has 29 heavy (non-hydrogen) atoms. The number of nitrogens with one attached hydrogen (secondary N) is 2. The van der Waals surface area contributed by atoms with Gasteiger partial charge in [0.25, 0.3) is 5.91 Å². The first-order valence-corrected chi connectivity index (χ1v) is 8.81. The van der Waals surface area contributed by atoms with Crippen LogP contribution in [0.25, 0.3) is 5.69 Å². The van der Waals surface area contributed by atoms with Gasteiger partial charge in [0.15, 0.2) is 11.5 Å². The average Bonchev–Trinajstić information content (AvgIpc) is 3.20. The van der Waals surface area contributed by atoms with E-state index in [1.54, 1.807) is 30.6 Å². The summed E-state index contributed by atoms with van der Waals surface area (Å²) in [6, 6.07) is 6.52. The molecule has 0 spiro atoms. The molecule has 11 nitrogen and oxygen atoms in total. The summed E-state index contributed by atoms with van der Waals surface area (Å²) in [7, 11) is 0. The largest absolute Gasteiger partial charge is 0.368 e. The first kappa shape index (κ1) is 19.7. The van der Waals surface area contributed by atoms with Gasteiger partial charge in [-0.25, -0.2) is 9.97 Å². The van der Waals surface area contributed by atoms with Gasteiger partial charge in [0.05, 0.1) is 24.3 Å². The Hall–Kier alpha value is -4.02. The lowest BCUT2D eigenvalue weighted by atomic mass is 10.0. The number of carbonyl (C=O) groups excluding carboxylic acids is 2. The summed E-state index contributed by atoms with van der Waals surface area (Å²) in [5.41, 5.74) is 12.1. The number of hydrogen-bond acceptors (Lipinski definition) is 8. The third-order valence-electron chi connectivity index (χ3n) is 4.04. The highest BCUT2D eigenvalue weighted by Crippen LogP contribution is 2.22. The Kier molecular flexibility index (Phi) is 5.67. The maximum Gasteiger partial charge on any atom is 0.271 e. The van der Waals surface area contributed by atoms with Gasteiger partial charge in [0, 0.05) is 5.69 Å². The number of rotatable bonds is 8. The molecule has 150 valence electrons. The molecule has 0 aliphatic heterocycles. The van der Waals surface area contributed by atoms with Crippen LogP contribution in [-0.4, -0.2) is 42.8 Å². The number of anilines is 3. The molecule has 11 heteroatoms. The van der Waals surface area contributed by atoms with Gasteiger partial charge in [-0.2, -0.15) is 15.0 Å². The van der Waals surface area contributed by atoms with Crippen molar-refractivity contribution >= 4 is 29.1 Å². The standard InChI is InChI=1S/C18H21N9O2/c1-10(2)14(16(19)28)25-13-9-21-15(17(20)29)18(26-13)24-11-4-3-5-12(8-11)27-22-6-7-23-27/h3-10,14H,1-2H3,(H2,19,28)(H2,20,29)(H2,24,25,26)/t14-/m1/s1. The average molecular weight is 395 g/mol. The predicted molar refractivity (Wildman–Crippen MR) is 107 cm³/mol. The Labute approximate surface area is 166 Å². The van der Waals surface area contributed by atoms with E-state index in [-0.39, 0.29) is 23.2 Å². The SMILES string of the molecule is CC(C)[C@@H](Nc1cnc(C(N)=O)c(Nc2cccc(-n3nccn3)c2)n1)C(N)=O. The number of hydrogen-bond donors (Lipinski definition) is 4. The van der Waals surface area contributed by atoms with Crippen molar-refractivity contribution in [2.45, 2.75) is 19.9 Å². The Morgan fingerprint density at radius 2 is 1.86 bits per heavy atom. The van der Waals surface area contributed by atoms with Crippen LogP contribution in [0.3, 0.4) is 0 Å². The molecule has 0 aliphatic carbocycles. The molecule has 0 bridgehead atoms. The first-order chi connectivity index (χ1) is 13.8. The molecule has 3 rings (SSSR count). The van der Waals surface area contributed by atoms with E-state index in [1.165, 1.54) is 11.0 Å². The fraction of sp³-hybridized carbons (Fsp3) is 0.222. The third-order valence-corrected chi connectivity index (χ3v) is 4.04. The lowest BCUT2D eigenvalue weighted by Gasteiger charge is -2.20. The second kappa shape index (κ2) is 8.33. The number of nitrogens with zero attached hydrogens (tertiary/aromatic N) is 5. The van der Waals surface area contributed by atoms with E-state index in [2.05, 4.69) is 30.8 Å². The molecular weight excluding hydrogens is 374 g/mol. The van der Waals surface area contributed by atoms with Crippen LogP contribution < -0.4 is 22.1 Å². The highest BCUT2D eigenvalue weighted by molar-refractivity contribution is 5.96. The van der Waals surface area contributed by atoms with Gasteiger partial charge in [0.1, 0.15) is 11.9 Å². The molecule has 1 aromatic carbocycles. The van der Waals surface area contributed by atoms with Crippen LogP contribution in [-0.2, 0) is 4.79 Å². The van der Waals surface area contributed by atoms with Gasteiger partial charge in [-0.3, -0.25) is 9.59 Å². The predicted octanol–water partition coefficient (Wildman–Crippen LogP) is 0.822. The van der Waals surface area contributed by atoms with E-state index in [1.807, 2.05) is 19.9 Å². The van der Waals surface area contributed by atoms with Gasteiger partial charge in [-0.05, 0) is 24.1 Å². The van der Waals surface area contributed by atoms with Crippen LogP contribution in [0.15, 0.2) is 42.9 Å². The van der Waals surface area contributed by atoms with Crippen LogP contribution in [0.1, 0.15) is 24.3 Å². The molecule has 3 aromatic rings. The summed E-state index contributed by atoms with van der Waals surface area (Å²) in [6.07, 6.45) is 4.46. The van der Waals surface area contributed by atoms with Crippen molar-refractivity contribution in [1.29, 1.82) is 0 Å². The van der Waals surface area contributed by atoms with Crippen LogP contribution in [0.2, 0.25) is 0 Å². The quantitative estimate of drug-likeness (QED) is 0.435. The molecule has 0 unspecified atom stereocenters. The highest BCUT2D eigenvalue weighted by atomic mass is 16.1. The van der Waals surface area contributed by atoms with Crippen molar-refractivity contribution in [3.8, 4) is 5.69 Å². The summed E-state index contributed by atoms with van der Waals surface area (Å²) >= 11 is 0. The van der Waals surface area contributed by atoms with Gasteiger partial charge in [-0.1, -0.05) is 19.9 Å². The second-order valence-corrected chi connectivity index (χ2v) is 6.58. The molecule has 6 N–H and O–H groups in total. The molecule has 0 saturated heterocycles. The van der Waals surface area contributed by atoms with Crippen molar-refractivity contribution < 1.29 is 9.59 Å². The van der Waals surface area contributed by atoms with Crippen LogP contribution in [0.4, 0.5) is 17.3 Å². The van der Waals surface area contributed by atoms with Crippen molar-refractivity contribution in [1.82, 2.24) is 25.0 Å². The van der Waals surface area contributed by atoms with Gasteiger partial charge in [0.2, 0.25) is 5.91 Å². The zero-order valence-electron chi connectivity index (χ0n) is 15.9. The van der Waals surface area contributed by atoms with Crippen LogP contribution >= 0.6 is 0 Å². The molecule has 2 amide bonds. The van der Waals surface area contributed by atoms with Gasteiger partial charge in [-0.15, -0.1) is 0 Å².